The third-order valence-corrected chi connectivity index (χ3v) is 5.85. The summed E-state index contributed by atoms with van der Waals surface area (Å²) in [6.07, 6.45) is 7.25. The van der Waals surface area contributed by atoms with Gasteiger partial charge in [-0.15, -0.1) is 0 Å². The lowest BCUT2D eigenvalue weighted by Crippen LogP contribution is -2.38. The predicted molar refractivity (Wildman–Crippen MR) is 90.6 cm³/mol. The third-order valence-electron chi connectivity index (χ3n) is 4.72. The van der Waals surface area contributed by atoms with Crippen LogP contribution in [0.25, 0.3) is 0 Å². The molecule has 0 saturated heterocycles. The van der Waals surface area contributed by atoms with Crippen molar-refractivity contribution in [2.45, 2.75) is 50.0 Å². The van der Waals surface area contributed by atoms with Gasteiger partial charge in [0.2, 0.25) is 5.91 Å². The quantitative estimate of drug-likeness (QED) is 0.830. The molecule has 1 aromatic rings. The van der Waals surface area contributed by atoms with Crippen LogP contribution in [-0.4, -0.2) is 27.1 Å². The molecule has 1 saturated carbocycles. The number of hydrogen-bond donors (Lipinski definition) is 2. The zero-order valence-electron chi connectivity index (χ0n) is 13.7. The summed E-state index contributed by atoms with van der Waals surface area (Å²) < 4.78 is 22.8. The Kier molecular flexibility index (Phi) is 5.81. The maximum absolute atomic E-state index is 12.2. The van der Waals surface area contributed by atoms with Crippen LogP contribution in [0.5, 0.6) is 0 Å². The van der Waals surface area contributed by atoms with E-state index >= 15 is 0 Å². The zero-order chi connectivity index (χ0) is 16.9. The Morgan fingerprint density at radius 3 is 2.30 bits per heavy atom. The molecule has 0 unspecified atom stereocenters. The summed E-state index contributed by atoms with van der Waals surface area (Å²) in [5.41, 5.74) is 6.76. The fraction of sp³-hybridized carbons (Fsp3) is 0.588. The van der Waals surface area contributed by atoms with Gasteiger partial charge >= 0.3 is 0 Å². The van der Waals surface area contributed by atoms with Gasteiger partial charge in [-0.25, -0.2) is 8.42 Å². The van der Waals surface area contributed by atoms with Crippen LogP contribution in [0.4, 0.5) is 0 Å². The molecule has 0 heterocycles. The molecule has 128 valence electrons. The lowest BCUT2D eigenvalue weighted by Gasteiger charge is -2.35. The maximum atomic E-state index is 12.2. The standard InChI is InChI=1S/C17H26N2O3S/c1-23(21,22)15-7-5-14(6-8-15)12-19-16(20)11-17(13-18)9-3-2-4-10-17/h5-8H,2-4,9-13,18H2,1H3,(H,19,20). The minimum atomic E-state index is -3.18. The van der Waals surface area contributed by atoms with Crippen LogP contribution in [0.1, 0.15) is 44.1 Å². The van der Waals surface area contributed by atoms with Crippen molar-refractivity contribution in [2.24, 2.45) is 11.1 Å². The van der Waals surface area contributed by atoms with Crippen molar-refractivity contribution in [3.8, 4) is 0 Å². The lowest BCUT2D eigenvalue weighted by atomic mass is 9.71. The summed E-state index contributed by atoms with van der Waals surface area (Å²) in [6.45, 7) is 0.965. The van der Waals surface area contributed by atoms with Gasteiger partial charge in [0.1, 0.15) is 0 Å². The largest absolute Gasteiger partial charge is 0.352 e. The van der Waals surface area contributed by atoms with E-state index in [-0.39, 0.29) is 16.2 Å². The van der Waals surface area contributed by atoms with E-state index in [0.717, 1.165) is 31.2 Å². The normalized spacial score (nSPS) is 17.7. The number of rotatable bonds is 6. The second kappa shape index (κ2) is 7.45. The van der Waals surface area contributed by atoms with Gasteiger partial charge < -0.3 is 11.1 Å². The third kappa shape index (κ3) is 5.04. The van der Waals surface area contributed by atoms with Crippen molar-refractivity contribution in [3.63, 3.8) is 0 Å². The number of nitrogens with one attached hydrogen (secondary N) is 1. The second-order valence-electron chi connectivity index (χ2n) is 6.63. The highest BCUT2D eigenvalue weighted by atomic mass is 32.2. The Morgan fingerprint density at radius 2 is 1.78 bits per heavy atom. The molecular weight excluding hydrogens is 312 g/mol. The first-order valence-corrected chi connectivity index (χ1v) is 10.00. The molecule has 1 amide bonds. The van der Waals surface area contributed by atoms with E-state index in [9.17, 15) is 13.2 Å². The molecule has 0 aromatic heterocycles. The molecule has 0 radical (unpaired) electrons. The van der Waals surface area contributed by atoms with Crippen molar-refractivity contribution < 1.29 is 13.2 Å². The average Bonchev–Trinajstić information content (AvgIpc) is 2.53. The number of sulfone groups is 1. The van der Waals surface area contributed by atoms with Crippen molar-refractivity contribution in [2.75, 3.05) is 12.8 Å². The SMILES string of the molecule is CS(=O)(=O)c1ccc(CNC(=O)CC2(CN)CCCCC2)cc1. The van der Waals surface area contributed by atoms with Crippen molar-refractivity contribution in [1.29, 1.82) is 0 Å². The zero-order valence-corrected chi connectivity index (χ0v) is 14.5. The van der Waals surface area contributed by atoms with Gasteiger partial charge in [-0.2, -0.15) is 0 Å². The molecule has 1 fully saturated rings. The minimum absolute atomic E-state index is 0.0181. The second-order valence-corrected chi connectivity index (χ2v) is 8.65. The first-order chi connectivity index (χ1) is 10.8. The van der Waals surface area contributed by atoms with Gasteiger partial charge in [0.05, 0.1) is 4.90 Å². The molecule has 23 heavy (non-hydrogen) atoms. The Bertz CT molecular complexity index is 632. The van der Waals surface area contributed by atoms with E-state index in [1.165, 1.54) is 12.7 Å². The van der Waals surface area contributed by atoms with E-state index in [1.54, 1.807) is 24.3 Å². The van der Waals surface area contributed by atoms with E-state index in [2.05, 4.69) is 5.32 Å². The van der Waals surface area contributed by atoms with Crippen molar-refractivity contribution >= 4 is 15.7 Å². The van der Waals surface area contributed by atoms with Gasteiger partial charge in [0.15, 0.2) is 9.84 Å². The molecule has 6 heteroatoms. The van der Waals surface area contributed by atoms with Gasteiger partial charge in [-0.05, 0) is 42.5 Å². The smallest absolute Gasteiger partial charge is 0.220 e. The van der Waals surface area contributed by atoms with Crippen LogP contribution in [0.3, 0.4) is 0 Å². The molecule has 0 atom stereocenters. The molecule has 0 bridgehead atoms. The molecular formula is C17H26N2O3S. The highest BCUT2D eigenvalue weighted by Crippen LogP contribution is 2.38. The van der Waals surface area contributed by atoms with Crippen LogP contribution in [-0.2, 0) is 21.2 Å². The van der Waals surface area contributed by atoms with Gasteiger partial charge in [-0.3, -0.25) is 4.79 Å². The van der Waals surface area contributed by atoms with Crippen LogP contribution < -0.4 is 11.1 Å². The molecule has 3 N–H and O–H groups in total. The Morgan fingerprint density at radius 1 is 1.17 bits per heavy atom. The summed E-state index contributed by atoms with van der Waals surface area (Å²) in [7, 11) is -3.18. The number of carbonyl (C=O) groups excluding carboxylic acids is 1. The van der Waals surface area contributed by atoms with Gasteiger partial charge in [-0.1, -0.05) is 31.4 Å². The number of amides is 1. The van der Waals surface area contributed by atoms with E-state index in [1.807, 2.05) is 0 Å². The molecule has 1 aliphatic carbocycles. The van der Waals surface area contributed by atoms with Crippen LogP contribution in [0.15, 0.2) is 29.2 Å². The van der Waals surface area contributed by atoms with Crippen LogP contribution in [0.2, 0.25) is 0 Å². The number of nitrogens with two attached hydrogens (primary N) is 1. The summed E-state index contributed by atoms with van der Waals surface area (Å²) >= 11 is 0. The average molecular weight is 338 g/mol. The summed E-state index contributed by atoms with van der Waals surface area (Å²) in [6, 6.07) is 6.60. The highest BCUT2D eigenvalue weighted by Gasteiger charge is 2.32. The number of carbonyl (C=O) groups is 1. The van der Waals surface area contributed by atoms with Crippen LogP contribution in [0, 0.1) is 5.41 Å². The molecule has 0 spiro atoms. The summed E-state index contributed by atoms with van der Waals surface area (Å²) in [5.74, 6) is 0.0181. The topological polar surface area (TPSA) is 89.3 Å². The molecule has 2 rings (SSSR count). The highest BCUT2D eigenvalue weighted by molar-refractivity contribution is 7.90. The van der Waals surface area contributed by atoms with Crippen LogP contribution >= 0.6 is 0 Å². The molecule has 1 aliphatic rings. The monoisotopic (exact) mass is 338 g/mol. The van der Waals surface area contributed by atoms with Gasteiger partial charge in [0.25, 0.3) is 0 Å². The van der Waals surface area contributed by atoms with E-state index < -0.39 is 9.84 Å². The fourth-order valence-corrected chi connectivity index (χ4v) is 3.84. The maximum Gasteiger partial charge on any atom is 0.220 e. The fourth-order valence-electron chi connectivity index (χ4n) is 3.21. The molecule has 1 aromatic carbocycles. The predicted octanol–water partition coefficient (Wildman–Crippen LogP) is 2.01. The first-order valence-electron chi connectivity index (χ1n) is 8.10. The summed E-state index contributed by atoms with van der Waals surface area (Å²) in [4.78, 5) is 12.5. The first kappa shape index (κ1) is 17.9. The van der Waals surface area contributed by atoms with E-state index in [0.29, 0.717) is 19.5 Å². The molecule has 5 nitrogen and oxygen atoms in total. The van der Waals surface area contributed by atoms with E-state index in [4.69, 9.17) is 5.73 Å². The minimum Gasteiger partial charge on any atom is -0.352 e. The number of benzene rings is 1. The van der Waals surface area contributed by atoms with Crippen molar-refractivity contribution in [3.05, 3.63) is 29.8 Å². The number of hydrogen-bond acceptors (Lipinski definition) is 4. The summed E-state index contributed by atoms with van der Waals surface area (Å²) in [5, 5.41) is 2.92. The van der Waals surface area contributed by atoms with Crippen molar-refractivity contribution in [1.82, 2.24) is 5.32 Å². The Hall–Kier alpha value is -1.40. The Balaban J connectivity index is 1.89. The Labute approximate surface area is 138 Å². The van der Waals surface area contributed by atoms with Gasteiger partial charge in [0, 0.05) is 19.2 Å². The molecule has 0 aliphatic heterocycles. The lowest BCUT2D eigenvalue weighted by molar-refractivity contribution is -0.124.